The van der Waals surface area contributed by atoms with E-state index in [0.29, 0.717) is 33.5 Å². The molecule has 7 nitrogen and oxygen atoms in total. The highest BCUT2D eigenvalue weighted by Crippen LogP contribution is 2.39. The van der Waals surface area contributed by atoms with E-state index in [1.165, 1.54) is 33.5 Å². The van der Waals surface area contributed by atoms with E-state index < -0.39 is 11.8 Å². The lowest BCUT2D eigenvalue weighted by molar-refractivity contribution is -0.117. The van der Waals surface area contributed by atoms with Gasteiger partial charge in [0.1, 0.15) is 5.57 Å². The lowest BCUT2D eigenvalue weighted by Crippen LogP contribution is -2.35. The Labute approximate surface area is 171 Å². The van der Waals surface area contributed by atoms with Gasteiger partial charge in [0.15, 0.2) is 11.5 Å². The van der Waals surface area contributed by atoms with Crippen molar-refractivity contribution in [3.8, 4) is 17.2 Å². The summed E-state index contributed by atoms with van der Waals surface area (Å²) in [5.74, 6) is 0.135. The SMILES string of the molecule is COc1cc(C=C2C(=O)NN(c3ccc(Cl)c(Cl)c3)C2=O)cc(OC)c1OC. The molecular weight excluding hydrogens is 407 g/mol. The van der Waals surface area contributed by atoms with Gasteiger partial charge in [-0.05, 0) is 42.0 Å². The molecule has 2 aromatic carbocycles. The van der Waals surface area contributed by atoms with Gasteiger partial charge in [-0.2, -0.15) is 0 Å². The van der Waals surface area contributed by atoms with Crippen molar-refractivity contribution in [2.24, 2.45) is 0 Å². The molecule has 1 aliphatic rings. The van der Waals surface area contributed by atoms with Crippen LogP contribution in [0.2, 0.25) is 10.0 Å². The van der Waals surface area contributed by atoms with Crippen molar-refractivity contribution in [2.45, 2.75) is 0 Å². The molecule has 3 rings (SSSR count). The number of nitrogens with one attached hydrogen (secondary N) is 1. The van der Waals surface area contributed by atoms with Crippen LogP contribution in [0.25, 0.3) is 6.08 Å². The predicted molar refractivity (Wildman–Crippen MR) is 106 cm³/mol. The van der Waals surface area contributed by atoms with Crippen molar-refractivity contribution in [3.63, 3.8) is 0 Å². The molecule has 2 amide bonds. The zero-order chi connectivity index (χ0) is 20.4. The molecule has 2 aromatic rings. The summed E-state index contributed by atoms with van der Waals surface area (Å²) in [6, 6.07) is 7.88. The van der Waals surface area contributed by atoms with Crippen LogP contribution in [0.3, 0.4) is 0 Å². The van der Waals surface area contributed by atoms with Crippen molar-refractivity contribution in [2.75, 3.05) is 26.3 Å². The molecule has 0 unspecified atom stereocenters. The fourth-order valence-electron chi connectivity index (χ4n) is 2.71. The molecule has 0 aromatic heterocycles. The summed E-state index contributed by atoms with van der Waals surface area (Å²) >= 11 is 11.9. The fraction of sp³-hybridized carbons (Fsp3) is 0.158. The summed E-state index contributed by atoms with van der Waals surface area (Å²) < 4.78 is 15.9. The molecule has 146 valence electrons. The van der Waals surface area contributed by atoms with E-state index in [1.54, 1.807) is 24.3 Å². The van der Waals surface area contributed by atoms with Gasteiger partial charge in [0.05, 0.1) is 37.1 Å². The number of anilines is 1. The summed E-state index contributed by atoms with van der Waals surface area (Å²) in [6.45, 7) is 0. The number of carbonyl (C=O) groups is 2. The fourth-order valence-corrected chi connectivity index (χ4v) is 3.01. The molecule has 0 atom stereocenters. The zero-order valence-corrected chi connectivity index (χ0v) is 16.7. The number of ether oxygens (including phenoxy) is 3. The molecule has 0 aliphatic carbocycles. The van der Waals surface area contributed by atoms with Crippen LogP contribution in [-0.4, -0.2) is 33.1 Å². The summed E-state index contributed by atoms with van der Waals surface area (Å²) in [4.78, 5) is 25.1. The number of benzene rings is 2. The lowest BCUT2D eigenvalue weighted by atomic mass is 10.1. The van der Waals surface area contributed by atoms with Crippen molar-refractivity contribution >= 4 is 46.8 Å². The number of rotatable bonds is 5. The minimum atomic E-state index is -0.551. The van der Waals surface area contributed by atoms with E-state index in [2.05, 4.69) is 5.43 Å². The van der Waals surface area contributed by atoms with Crippen LogP contribution in [0.4, 0.5) is 5.69 Å². The van der Waals surface area contributed by atoms with E-state index >= 15 is 0 Å². The first-order valence-electron chi connectivity index (χ1n) is 8.01. The van der Waals surface area contributed by atoms with Gasteiger partial charge >= 0.3 is 0 Å². The van der Waals surface area contributed by atoms with Crippen LogP contribution in [-0.2, 0) is 9.59 Å². The van der Waals surface area contributed by atoms with Gasteiger partial charge in [0.25, 0.3) is 11.8 Å². The first kappa shape index (κ1) is 19.9. The quantitative estimate of drug-likeness (QED) is 0.589. The monoisotopic (exact) mass is 422 g/mol. The van der Waals surface area contributed by atoms with Crippen LogP contribution in [0.5, 0.6) is 17.2 Å². The normalized spacial score (nSPS) is 15.0. The Hall–Kier alpha value is -2.90. The van der Waals surface area contributed by atoms with Gasteiger partial charge in [-0.3, -0.25) is 15.0 Å². The summed E-state index contributed by atoms with van der Waals surface area (Å²) in [5.41, 5.74) is 3.37. The Morgan fingerprint density at radius 1 is 0.929 bits per heavy atom. The smallest absolute Gasteiger partial charge is 0.282 e. The molecule has 0 bridgehead atoms. The Morgan fingerprint density at radius 2 is 1.57 bits per heavy atom. The maximum atomic E-state index is 12.8. The minimum Gasteiger partial charge on any atom is -0.493 e. The molecule has 1 heterocycles. The predicted octanol–water partition coefficient (Wildman–Crippen LogP) is 3.48. The van der Waals surface area contributed by atoms with Crippen LogP contribution in [0.1, 0.15) is 5.56 Å². The van der Waals surface area contributed by atoms with E-state index in [0.717, 1.165) is 5.01 Å². The van der Waals surface area contributed by atoms with Gasteiger partial charge in [0.2, 0.25) is 5.75 Å². The average Bonchev–Trinajstić information content (AvgIpc) is 2.97. The van der Waals surface area contributed by atoms with Crippen LogP contribution >= 0.6 is 23.2 Å². The molecule has 1 saturated heterocycles. The number of halogens is 2. The standard InChI is InChI=1S/C19H16Cl2N2O5/c1-26-15-7-10(8-16(27-2)17(15)28-3)6-12-18(24)22-23(19(12)25)11-4-5-13(20)14(21)9-11/h4-9H,1-3H3,(H,22,24). The van der Waals surface area contributed by atoms with E-state index in [9.17, 15) is 9.59 Å². The highest BCUT2D eigenvalue weighted by atomic mass is 35.5. The summed E-state index contributed by atoms with van der Waals surface area (Å²) in [7, 11) is 4.45. The highest BCUT2D eigenvalue weighted by Gasteiger charge is 2.34. The van der Waals surface area contributed by atoms with Crippen molar-refractivity contribution in [3.05, 3.63) is 51.5 Å². The third-order valence-electron chi connectivity index (χ3n) is 4.05. The first-order chi connectivity index (χ1) is 13.4. The summed E-state index contributed by atoms with van der Waals surface area (Å²) in [6.07, 6.45) is 1.44. The number of carbonyl (C=O) groups excluding carboxylic acids is 2. The van der Waals surface area contributed by atoms with Gasteiger partial charge in [-0.1, -0.05) is 23.2 Å². The molecule has 0 spiro atoms. The van der Waals surface area contributed by atoms with Gasteiger partial charge in [-0.15, -0.1) is 0 Å². The van der Waals surface area contributed by atoms with Crippen LogP contribution in [0, 0.1) is 0 Å². The molecule has 9 heteroatoms. The summed E-state index contributed by atoms with van der Waals surface area (Å²) in [5, 5.41) is 1.72. The van der Waals surface area contributed by atoms with Crippen LogP contribution in [0.15, 0.2) is 35.9 Å². The second-order valence-electron chi connectivity index (χ2n) is 5.70. The Kier molecular flexibility index (Phi) is 5.67. The second-order valence-corrected chi connectivity index (χ2v) is 6.51. The second kappa shape index (κ2) is 8.00. The molecule has 0 saturated carbocycles. The number of nitrogens with zero attached hydrogens (tertiary/aromatic N) is 1. The van der Waals surface area contributed by atoms with Gasteiger partial charge in [0, 0.05) is 0 Å². The number of methoxy groups -OCH3 is 3. The van der Waals surface area contributed by atoms with Gasteiger partial charge < -0.3 is 14.2 Å². The highest BCUT2D eigenvalue weighted by molar-refractivity contribution is 6.42. The van der Waals surface area contributed by atoms with Crippen molar-refractivity contribution in [1.29, 1.82) is 0 Å². The van der Waals surface area contributed by atoms with Crippen molar-refractivity contribution < 1.29 is 23.8 Å². The van der Waals surface area contributed by atoms with Gasteiger partial charge in [-0.25, -0.2) is 5.01 Å². The number of amides is 2. The topological polar surface area (TPSA) is 77.1 Å². The van der Waals surface area contributed by atoms with Crippen LogP contribution < -0.4 is 24.6 Å². The maximum absolute atomic E-state index is 12.8. The molecule has 1 aliphatic heterocycles. The largest absolute Gasteiger partial charge is 0.493 e. The first-order valence-corrected chi connectivity index (χ1v) is 8.77. The molecule has 1 N–H and O–H groups in total. The maximum Gasteiger partial charge on any atom is 0.282 e. The molecule has 28 heavy (non-hydrogen) atoms. The zero-order valence-electron chi connectivity index (χ0n) is 15.2. The number of hydrazine groups is 1. The Balaban J connectivity index is 1.99. The van der Waals surface area contributed by atoms with E-state index in [4.69, 9.17) is 37.4 Å². The van der Waals surface area contributed by atoms with E-state index in [1.807, 2.05) is 0 Å². The lowest BCUT2D eigenvalue weighted by Gasteiger charge is -2.15. The van der Waals surface area contributed by atoms with E-state index in [-0.39, 0.29) is 10.6 Å². The average molecular weight is 423 g/mol. The molecule has 1 fully saturated rings. The molecule has 0 radical (unpaired) electrons. The van der Waals surface area contributed by atoms with Crippen molar-refractivity contribution in [1.82, 2.24) is 5.43 Å². The third-order valence-corrected chi connectivity index (χ3v) is 4.79. The third kappa shape index (κ3) is 3.58. The minimum absolute atomic E-state index is 0.0552. The number of hydrogen-bond acceptors (Lipinski definition) is 5. The Morgan fingerprint density at radius 3 is 2.11 bits per heavy atom. The Bertz CT molecular complexity index is 965. The molecular formula is C19H16Cl2N2O5. The number of hydrogen-bond donors (Lipinski definition) is 1.